The second-order valence-corrected chi connectivity index (χ2v) is 7.27. The van der Waals surface area contributed by atoms with E-state index in [9.17, 15) is 13.2 Å². The molecular formula is C12H18N2O4S. The molecule has 19 heavy (non-hydrogen) atoms. The molecule has 1 amide bonds. The van der Waals surface area contributed by atoms with Crippen LogP contribution in [0.1, 0.15) is 23.4 Å². The topological polar surface area (TPSA) is 80.5 Å². The van der Waals surface area contributed by atoms with E-state index in [4.69, 9.17) is 4.52 Å². The Labute approximate surface area is 112 Å². The van der Waals surface area contributed by atoms with Crippen molar-refractivity contribution in [3.63, 3.8) is 0 Å². The molecule has 1 aromatic heterocycles. The maximum atomic E-state index is 12.2. The normalized spacial score (nSPS) is 21.5. The van der Waals surface area contributed by atoms with Gasteiger partial charge in [0.1, 0.15) is 5.76 Å². The van der Waals surface area contributed by atoms with Crippen LogP contribution in [-0.4, -0.2) is 49.0 Å². The van der Waals surface area contributed by atoms with Gasteiger partial charge < -0.3 is 9.42 Å². The van der Waals surface area contributed by atoms with Gasteiger partial charge in [-0.2, -0.15) is 0 Å². The average molecular weight is 286 g/mol. The second kappa shape index (κ2) is 4.96. The maximum absolute atomic E-state index is 12.2. The van der Waals surface area contributed by atoms with Crippen LogP contribution in [0.5, 0.6) is 0 Å². The Morgan fingerprint density at radius 2 is 2.16 bits per heavy atom. The number of aryl methyl sites for hydroxylation is 2. The van der Waals surface area contributed by atoms with Crippen LogP contribution >= 0.6 is 0 Å². The largest absolute Gasteiger partial charge is 0.361 e. The highest BCUT2D eigenvalue weighted by atomic mass is 32.2. The zero-order valence-electron chi connectivity index (χ0n) is 11.3. The zero-order chi connectivity index (χ0) is 14.2. The SMILES string of the molecule is Cc1noc(C)c1CC(=O)N(C)C1CCS(=O)(=O)C1. The molecule has 2 rings (SSSR count). The minimum absolute atomic E-state index is 0.0663. The molecule has 1 aliphatic heterocycles. The lowest BCUT2D eigenvalue weighted by molar-refractivity contribution is -0.130. The van der Waals surface area contributed by atoms with Crippen molar-refractivity contribution < 1.29 is 17.7 Å². The third-order valence-corrected chi connectivity index (χ3v) is 5.41. The Balaban J connectivity index is 2.05. The molecule has 1 fully saturated rings. The lowest BCUT2D eigenvalue weighted by Gasteiger charge is -2.23. The number of carbonyl (C=O) groups excluding carboxylic acids is 1. The fraction of sp³-hybridized carbons (Fsp3) is 0.667. The van der Waals surface area contributed by atoms with E-state index in [-0.39, 0.29) is 29.9 Å². The van der Waals surface area contributed by atoms with Crippen molar-refractivity contribution in [1.29, 1.82) is 0 Å². The highest BCUT2D eigenvalue weighted by Crippen LogP contribution is 2.19. The fourth-order valence-corrected chi connectivity index (χ4v) is 4.09. The molecule has 0 N–H and O–H groups in total. The minimum Gasteiger partial charge on any atom is -0.361 e. The Morgan fingerprint density at radius 1 is 1.47 bits per heavy atom. The van der Waals surface area contributed by atoms with Crippen molar-refractivity contribution in [2.45, 2.75) is 32.7 Å². The number of nitrogens with zero attached hydrogens (tertiary/aromatic N) is 2. The first-order valence-electron chi connectivity index (χ1n) is 6.18. The summed E-state index contributed by atoms with van der Waals surface area (Å²) in [5.74, 6) is 0.770. The van der Waals surface area contributed by atoms with Crippen molar-refractivity contribution >= 4 is 15.7 Å². The first-order chi connectivity index (χ1) is 8.80. The molecule has 0 aliphatic carbocycles. The summed E-state index contributed by atoms with van der Waals surface area (Å²) >= 11 is 0. The molecule has 106 valence electrons. The molecule has 6 nitrogen and oxygen atoms in total. The number of rotatable bonds is 3. The van der Waals surface area contributed by atoms with Gasteiger partial charge in [-0.3, -0.25) is 4.79 Å². The number of amides is 1. The van der Waals surface area contributed by atoms with Crippen molar-refractivity contribution in [3.05, 3.63) is 17.0 Å². The molecule has 0 bridgehead atoms. The van der Waals surface area contributed by atoms with Crippen LogP contribution in [0.2, 0.25) is 0 Å². The highest BCUT2D eigenvalue weighted by molar-refractivity contribution is 7.91. The van der Waals surface area contributed by atoms with Gasteiger partial charge in [0.05, 0.1) is 23.6 Å². The zero-order valence-corrected chi connectivity index (χ0v) is 12.2. The summed E-state index contributed by atoms with van der Waals surface area (Å²) in [7, 11) is -1.32. The van der Waals surface area contributed by atoms with E-state index in [0.717, 1.165) is 5.56 Å². The molecule has 0 spiro atoms. The molecule has 0 aromatic carbocycles. The van der Waals surface area contributed by atoms with Crippen LogP contribution in [0.3, 0.4) is 0 Å². The Hall–Kier alpha value is -1.37. The third kappa shape index (κ3) is 2.97. The van der Waals surface area contributed by atoms with Crippen molar-refractivity contribution in [2.75, 3.05) is 18.6 Å². The number of likely N-dealkylation sites (N-methyl/N-ethyl adjacent to an activating group) is 1. The monoisotopic (exact) mass is 286 g/mol. The van der Waals surface area contributed by atoms with Gasteiger partial charge in [-0.05, 0) is 20.3 Å². The van der Waals surface area contributed by atoms with Crippen LogP contribution < -0.4 is 0 Å². The van der Waals surface area contributed by atoms with E-state index in [1.54, 1.807) is 20.9 Å². The summed E-state index contributed by atoms with van der Waals surface area (Å²) in [5, 5.41) is 3.81. The van der Waals surface area contributed by atoms with Gasteiger partial charge in [-0.25, -0.2) is 8.42 Å². The van der Waals surface area contributed by atoms with E-state index in [1.807, 2.05) is 0 Å². The summed E-state index contributed by atoms with van der Waals surface area (Å²) in [4.78, 5) is 13.7. The van der Waals surface area contributed by atoms with Crippen LogP contribution in [0.15, 0.2) is 4.52 Å². The second-order valence-electron chi connectivity index (χ2n) is 5.04. The molecule has 7 heteroatoms. The van der Waals surface area contributed by atoms with Crippen molar-refractivity contribution in [3.8, 4) is 0 Å². The van der Waals surface area contributed by atoms with Gasteiger partial charge >= 0.3 is 0 Å². The quantitative estimate of drug-likeness (QED) is 0.807. The predicted molar refractivity (Wildman–Crippen MR) is 69.5 cm³/mol. The average Bonchev–Trinajstić information content (AvgIpc) is 2.84. The summed E-state index contributed by atoms with van der Waals surface area (Å²) in [5.41, 5.74) is 1.50. The molecule has 2 heterocycles. The molecule has 1 unspecified atom stereocenters. The third-order valence-electron chi connectivity index (χ3n) is 3.66. The molecule has 0 saturated carbocycles. The number of hydrogen-bond donors (Lipinski definition) is 0. The summed E-state index contributed by atoms with van der Waals surface area (Å²) in [6, 6.07) is -0.210. The first kappa shape index (κ1) is 14.0. The number of hydrogen-bond acceptors (Lipinski definition) is 5. The van der Waals surface area contributed by atoms with Crippen LogP contribution in [0.25, 0.3) is 0 Å². The summed E-state index contributed by atoms with van der Waals surface area (Å²) in [6.45, 7) is 3.56. The Bertz CT molecular complexity index is 571. The maximum Gasteiger partial charge on any atom is 0.227 e. The molecule has 0 radical (unpaired) electrons. The molecular weight excluding hydrogens is 268 g/mol. The molecule has 1 aromatic rings. The van der Waals surface area contributed by atoms with Gasteiger partial charge in [0.25, 0.3) is 0 Å². The molecule has 1 aliphatic rings. The molecule has 1 saturated heterocycles. The summed E-state index contributed by atoms with van der Waals surface area (Å²) < 4.78 is 27.9. The highest BCUT2D eigenvalue weighted by Gasteiger charge is 2.33. The van der Waals surface area contributed by atoms with Crippen molar-refractivity contribution in [1.82, 2.24) is 10.1 Å². The first-order valence-corrected chi connectivity index (χ1v) is 8.00. The van der Waals surface area contributed by atoms with Gasteiger partial charge in [0, 0.05) is 18.7 Å². The number of aromatic nitrogens is 1. The van der Waals surface area contributed by atoms with Gasteiger partial charge in [0.15, 0.2) is 9.84 Å². The number of carbonyl (C=O) groups is 1. The van der Waals surface area contributed by atoms with Crippen LogP contribution in [0.4, 0.5) is 0 Å². The lowest BCUT2D eigenvalue weighted by atomic mass is 10.1. The van der Waals surface area contributed by atoms with Gasteiger partial charge in [-0.15, -0.1) is 0 Å². The standard InChI is InChI=1S/C12H18N2O4S/c1-8-11(9(2)18-13-8)6-12(15)14(3)10-4-5-19(16,17)7-10/h10H,4-7H2,1-3H3. The predicted octanol–water partition coefficient (Wildman–Crippen LogP) is 0.479. The van der Waals surface area contributed by atoms with Crippen LogP contribution in [-0.2, 0) is 21.1 Å². The Kier molecular flexibility index (Phi) is 3.66. The van der Waals surface area contributed by atoms with Crippen molar-refractivity contribution in [2.24, 2.45) is 0 Å². The molecule has 1 atom stereocenters. The van der Waals surface area contributed by atoms with E-state index in [0.29, 0.717) is 17.9 Å². The van der Waals surface area contributed by atoms with Gasteiger partial charge in [-0.1, -0.05) is 5.16 Å². The fourth-order valence-electron chi connectivity index (χ4n) is 2.31. The summed E-state index contributed by atoms with van der Waals surface area (Å²) in [6.07, 6.45) is 0.723. The number of sulfone groups is 1. The van der Waals surface area contributed by atoms with E-state index >= 15 is 0 Å². The lowest BCUT2D eigenvalue weighted by Crippen LogP contribution is -2.38. The van der Waals surface area contributed by atoms with E-state index in [2.05, 4.69) is 5.16 Å². The van der Waals surface area contributed by atoms with Crippen LogP contribution in [0, 0.1) is 13.8 Å². The Morgan fingerprint density at radius 3 is 2.63 bits per heavy atom. The van der Waals surface area contributed by atoms with E-state index < -0.39 is 9.84 Å². The van der Waals surface area contributed by atoms with Gasteiger partial charge in [0.2, 0.25) is 5.91 Å². The van der Waals surface area contributed by atoms with E-state index in [1.165, 1.54) is 4.90 Å². The smallest absolute Gasteiger partial charge is 0.227 e. The minimum atomic E-state index is -2.98.